The fraction of sp³-hybridized carbons (Fsp3) is 0.381. The standard InChI is InChI=1S/C21H23N5O2/c1-14(27)3-8-18-19(16-6-4-15(13-22)5-7-16)24-21(25(2)20(18)28)26-11-9-17(23)10-12-26/h4-7,14,17,27H,9-12,23H2,1-2H3. The molecule has 2 aromatic rings. The first-order valence-electron chi connectivity index (χ1n) is 9.22. The van der Waals surface area contributed by atoms with E-state index in [0.717, 1.165) is 25.9 Å². The summed E-state index contributed by atoms with van der Waals surface area (Å²) in [4.78, 5) is 19.9. The average molecular weight is 377 g/mol. The zero-order valence-corrected chi connectivity index (χ0v) is 16.0. The van der Waals surface area contributed by atoms with E-state index in [2.05, 4.69) is 22.8 Å². The summed E-state index contributed by atoms with van der Waals surface area (Å²) in [5.41, 5.74) is 7.62. The van der Waals surface area contributed by atoms with E-state index in [1.54, 1.807) is 31.3 Å². The van der Waals surface area contributed by atoms with Gasteiger partial charge in [0.25, 0.3) is 5.56 Å². The topological polar surface area (TPSA) is 108 Å². The van der Waals surface area contributed by atoms with Gasteiger partial charge in [0, 0.05) is 31.7 Å². The van der Waals surface area contributed by atoms with Crippen LogP contribution in [0.1, 0.15) is 30.9 Å². The van der Waals surface area contributed by atoms with Gasteiger partial charge < -0.3 is 15.7 Å². The second-order valence-corrected chi connectivity index (χ2v) is 6.96. The van der Waals surface area contributed by atoms with Gasteiger partial charge in [-0.2, -0.15) is 5.26 Å². The molecular formula is C21H23N5O2. The molecule has 0 radical (unpaired) electrons. The largest absolute Gasteiger partial charge is 0.381 e. The monoisotopic (exact) mass is 377 g/mol. The third-order valence-corrected chi connectivity index (χ3v) is 4.78. The Labute approximate surface area is 164 Å². The average Bonchev–Trinajstić information content (AvgIpc) is 2.70. The molecule has 28 heavy (non-hydrogen) atoms. The predicted octanol–water partition coefficient (Wildman–Crippen LogP) is 0.979. The van der Waals surface area contributed by atoms with E-state index in [1.807, 2.05) is 0 Å². The summed E-state index contributed by atoms with van der Waals surface area (Å²) in [5.74, 6) is 5.99. The molecule has 1 saturated heterocycles. The fourth-order valence-electron chi connectivity index (χ4n) is 3.17. The number of benzene rings is 1. The van der Waals surface area contributed by atoms with E-state index in [9.17, 15) is 9.90 Å². The summed E-state index contributed by atoms with van der Waals surface area (Å²) in [6.07, 6.45) is 0.818. The maximum Gasteiger partial charge on any atom is 0.271 e. The van der Waals surface area contributed by atoms with Gasteiger partial charge in [-0.15, -0.1) is 0 Å². The van der Waals surface area contributed by atoms with Crippen LogP contribution in [0.3, 0.4) is 0 Å². The molecule has 0 aliphatic carbocycles. The van der Waals surface area contributed by atoms with E-state index in [1.165, 1.54) is 11.5 Å². The Morgan fingerprint density at radius 1 is 1.29 bits per heavy atom. The van der Waals surface area contributed by atoms with Crippen molar-refractivity contribution < 1.29 is 5.11 Å². The van der Waals surface area contributed by atoms with Crippen LogP contribution in [0.15, 0.2) is 29.1 Å². The lowest BCUT2D eigenvalue weighted by atomic mass is 10.0. The van der Waals surface area contributed by atoms with Gasteiger partial charge in [0.05, 0.1) is 17.3 Å². The molecule has 3 N–H and O–H groups in total. The fourth-order valence-corrected chi connectivity index (χ4v) is 3.17. The number of aromatic nitrogens is 2. The van der Waals surface area contributed by atoms with Crippen LogP contribution in [-0.2, 0) is 7.05 Å². The minimum atomic E-state index is -0.859. The first-order valence-corrected chi connectivity index (χ1v) is 9.22. The second kappa shape index (κ2) is 8.26. The van der Waals surface area contributed by atoms with E-state index < -0.39 is 6.10 Å². The van der Waals surface area contributed by atoms with Crippen LogP contribution in [0.5, 0.6) is 0 Å². The van der Waals surface area contributed by atoms with Gasteiger partial charge in [-0.1, -0.05) is 24.0 Å². The van der Waals surface area contributed by atoms with Gasteiger partial charge in [-0.3, -0.25) is 9.36 Å². The van der Waals surface area contributed by atoms with Crippen molar-refractivity contribution in [3.8, 4) is 29.2 Å². The number of rotatable bonds is 2. The summed E-state index contributed by atoms with van der Waals surface area (Å²) >= 11 is 0. The van der Waals surface area contributed by atoms with E-state index in [0.29, 0.717) is 22.8 Å². The number of anilines is 1. The lowest BCUT2D eigenvalue weighted by molar-refractivity contribution is 0.253. The number of hydrogen-bond acceptors (Lipinski definition) is 6. The highest BCUT2D eigenvalue weighted by Gasteiger charge is 2.22. The van der Waals surface area contributed by atoms with Gasteiger partial charge in [0.1, 0.15) is 11.7 Å². The molecule has 1 aromatic heterocycles. The zero-order valence-electron chi connectivity index (χ0n) is 16.0. The Morgan fingerprint density at radius 2 is 1.93 bits per heavy atom. The lowest BCUT2D eigenvalue weighted by Gasteiger charge is -2.32. The first-order chi connectivity index (χ1) is 13.4. The quantitative estimate of drug-likeness (QED) is 0.756. The number of aliphatic hydroxyl groups is 1. The molecule has 7 nitrogen and oxygen atoms in total. The minimum absolute atomic E-state index is 0.169. The van der Waals surface area contributed by atoms with Gasteiger partial charge in [0.15, 0.2) is 0 Å². The molecule has 1 fully saturated rings. The summed E-state index contributed by atoms with van der Waals surface area (Å²) in [6.45, 7) is 3.00. The highest BCUT2D eigenvalue weighted by Crippen LogP contribution is 2.24. The minimum Gasteiger partial charge on any atom is -0.381 e. The highest BCUT2D eigenvalue weighted by molar-refractivity contribution is 5.69. The van der Waals surface area contributed by atoms with Crippen molar-refractivity contribution in [1.29, 1.82) is 5.26 Å². The van der Waals surface area contributed by atoms with Crippen molar-refractivity contribution in [3.63, 3.8) is 0 Å². The van der Waals surface area contributed by atoms with Gasteiger partial charge in [-0.05, 0) is 31.9 Å². The van der Waals surface area contributed by atoms with Crippen molar-refractivity contribution in [3.05, 3.63) is 45.7 Å². The lowest BCUT2D eigenvalue weighted by Crippen LogP contribution is -2.42. The molecule has 0 bridgehead atoms. The molecule has 3 rings (SSSR count). The molecule has 1 aromatic carbocycles. The molecule has 7 heteroatoms. The summed E-state index contributed by atoms with van der Waals surface area (Å²) in [5, 5.41) is 18.6. The molecule has 1 aliphatic rings. The van der Waals surface area contributed by atoms with Crippen LogP contribution in [-0.4, -0.2) is 39.9 Å². The van der Waals surface area contributed by atoms with Crippen LogP contribution in [0.2, 0.25) is 0 Å². The summed E-state index contributed by atoms with van der Waals surface area (Å²) in [6, 6.07) is 9.12. The maximum atomic E-state index is 13.1. The SMILES string of the molecule is CC(O)C#Cc1c(-c2ccc(C#N)cc2)nc(N2CCC(N)CC2)n(C)c1=O. The Balaban J connectivity index is 2.17. The van der Waals surface area contributed by atoms with Crippen LogP contribution in [0.25, 0.3) is 11.3 Å². The number of piperidine rings is 1. The van der Waals surface area contributed by atoms with Crippen molar-refractivity contribution in [1.82, 2.24) is 9.55 Å². The Morgan fingerprint density at radius 3 is 2.50 bits per heavy atom. The van der Waals surface area contributed by atoms with Crippen molar-refractivity contribution >= 4 is 5.95 Å². The van der Waals surface area contributed by atoms with E-state index >= 15 is 0 Å². The van der Waals surface area contributed by atoms with Crippen molar-refractivity contribution in [2.75, 3.05) is 18.0 Å². The van der Waals surface area contributed by atoms with Gasteiger partial charge >= 0.3 is 0 Å². The number of nitrogens with two attached hydrogens (primary N) is 1. The molecule has 1 unspecified atom stereocenters. The molecule has 1 aliphatic heterocycles. The second-order valence-electron chi connectivity index (χ2n) is 6.96. The van der Waals surface area contributed by atoms with Gasteiger partial charge in [0.2, 0.25) is 5.95 Å². The van der Waals surface area contributed by atoms with Crippen LogP contribution >= 0.6 is 0 Å². The number of hydrogen-bond donors (Lipinski definition) is 2. The normalized spacial score (nSPS) is 15.5. The molecule has 1 atom stereocenters. The van der Waals surface area contributed by atoms with Gasteiger partial charge in [-0.25, -0.2) is 4.98 Å². The van der Waals surface area contributed by atoms with Crippen molar-refractivity contribution in [2.24, 2.45) is 12.8 Å². The molecular weight excluding hydrogens is 354 g/mol. The predicted molar refractivity (Wildman–Crippen MR) is 108 cm³/mol. The van der Waals surface area contributed by atoms with E-state index in [4.69, 9.17) is 16.0 Å². The van der Waals surface area contributed by atoms with Crippen LogP contribution in [0, 0.1) is 23.2 Å². The summed E-state index contributed by atoms with van der Waals surface area (Å²) in [7, 11) is 1.68. The first kappa shape index (κ1) is 19.6. The number of aliphatic hydroxyl groups excluding tert-OH is 1. The maximum absolute atomic E-state index is 13.1. The molecule has 144 valence electrons. The molecule has 2 heterocycles. The van der Waals surface area contributed by atoms with Crippen molar-refractivity contribution in [2.45, 2.75) is 31.9 Å². The highest BCUT2D eigenvalue weighted by atomic mass is 16.3. The molecule has 0 saturated carbocycles. The van der Waals surface area contributed by atoms with Crippen LogP contribution < -0.4 is 16.2 Å². The summed E-state index contributed by atoms with van der Waals surface area (Å²) < 4.78 is 1.50. The Bertz CT molecular complexity index is 1010. The number of nitriles is 1. The Kier molecular flexibility index (Phi) is 5.79. The molecule has 0 spiro atoms. The van der Waals surface area contributed by atoms with E-state index in [-0.39, 0.29) is 17.2 Å². The zero-order chi connectivity index (χ0) is 20.3. The number of nitrogens with zero attached hydrogens (tertiary/aromatic N) is 4. The third kappa shape index (κ3) is 4.07. The van der Waals surface area contributed by atoms with Crippen LogP contribution in [0.4, 0.5) is 5.95 Å². The smallest absolute Gasteiger partial charge is 0.271 e. The Hall–Kier alpha value is -3.13. The molecule has 0 amide bonds. The third-order valence-electron chi connectivity index (χ3n) is 4.78.